The second-order valence-corrected chi connectivity index (χ2v) is 7.53. The lowest BCUT2D eigenvalue weighted by Crippen LogP contribution is -2.39. The van der Waals surface area contributed by atoms with Crippen LogP contribution in [0, 0.1) is 5.92 Å². The second kappa shape index (κ2) is 5.33. The maximum atomic E-state index is 12.8. The number of rotatable bonds is 3. The first-order chi connectivity index (χ1) is 9.63. The van der Waals surface area contributed by atoms with Gasteiger partial charge in [-0.2, -0.15) is 4.31 Å². The molecule has 0 spiro atoms. The van der Waals surface area contributed by atoms with Crippen LogP contribution in [0.2, 0.25) is 0 Å². The molecule has 0 amide bonds. The summed E-state index contributed by atoms with van der Waals surface area (Å²) in [6.45, 7) is 0.662. The van der Waals surface area contributed by atoms with E-state index in [1.54, 1.807) is 29.7 Å². The van der Waals surface area contributed by atoms with Crippen molar-refractivity contribution in [3.8, 4) is 0 Å². The number of hydrogen-bond acceptors (Lipinski definition) is 4. The Labute approximate surface area is 120 Å². The van der Waals surface area contributed by atoms with Gasteiger partial charge in [-0.3, -0.25) is 0 Å². The molecule has 1 aromatic heterocycles. The summed E-state index contributed by atoms with van der Waals surface area (Å²) in [4.78, 5) is 4.44. The minimum absolute atomic E-state index is 0.208. The molecule has 0 aromatic carbocycles. The van der Waals surface area contributed by atoms with E-state index in [9.17, 15) is 8.42 Å². The van der Waals surface area contributed by atoms with Crippen molar-refractivity contribution in [1.82, 2.24) is 9.29 Å². The third-order valence-electron chi connectivity index (χ3n) is 4.55. The van der Waals surface area contributed by atoms with Crippen molar-refractivity contribution in [2.24, 2.45) is 5.92 Å². The van der Waals surface area contributed by atoms with E-state index < -0.39 is 10.0 Å². The Hall–Kier alpha value is -1.14. The van der Waals surface area contributed by atoms with Crippen LogP contribution in [-0.2, 0) is 10.0 Å². The van der Waals surface area contributed by atoms with Gasteiger partial charge >= 0.3 is 0 Å². The predicted octanol–water partition coefficient (Wildman–Crippen LogP) is 2.08. The molecule has 1 aliphatic heterocycles. The number of nitrogens with zero attached hydrogens (tertiary/aromatic N) is 2. The smallest absolute Gasteiger partial charge is 0.243 e. The summed E-state index contributed by atoms with van der Waals surface area (Å²) in [6.07, 6.45) is 7.13. The molecule has 1 saturated carbocycles. The van der Waals surface area contributed by atoms with Crippen molar-refractivity contribution in [2.75, 3.05) is 18.9 Å². The third kappa shape index (κ3) is 2.31. The fourth-order valence-electron chi connectivity index (χ4n) is 3.50. The van der Waals surface area contributed by atoms with Gasteiger partial charge in [0.05, 0.1) is 4.90 Å². The Morgan fingerprint density at radius 2 is 2.10 bits per heavy atom. The Kier molecular flexibility index (Phi) is 3.69. The van der Waals surface area contributed by atoms with Crippen molar-refractivity contribution in [1.29, 1.82) is 0 Å². The van der Waals surface area contributed by atoms with Gasteiger partial charge in [0.25, 0.3) is 0 Å². The fourth-order valence-corrected chi connectivity index (χ4v) is 5.25. The molecule has 5 nitrogen and oxygen atoms in total. The number of sulfonamides is 1. The van der Waals surface area contributed by atoms with Gasteiger partial charge in [-0.05, 0) is 31.2 Å². The molecular weight excluding hydrogens is 274 g/mol. The zero-order valence-corrected chi connectivity index (χ0v) is 12.6. The van der Waals surface area contributed by atoms with E-state index in [1.807, 2.05) is 0 Å². The zero-order chi connectivity index (χ0) is 14.2. The second-order valence-electron chi connectivity index (χ2n) is 5.64. The van der Waals surface area contributed by atoms with Crippen molar-refractivity contribution in [3.05, 3.63) is 18.3 Å². The van der Waals surface area contributed by atoms with E-state index in [2.05, 4.69) is 10.3 Å². The van der Waals surface area contributed by atoms with Gasteiger partial charge in [0, 0.05) is 31.9 Å². The number of aromatic nitrogens is 1. The van der Waals surface area contributed by atoms with Crippen LogP contribution in [0.25, 0.3) is 0 Å². The molecule has 2 heterocycles. The van der Waals surface area contributed by atoms with Gasteiger partial charge in [-0.25, -0.2) is 13.4 Å². The van der Waals surface area contributed by atoms with Crippen LogP contribution >= 0.6 is 0 Å². The molecular formula is C14H21N3O2S. The fraction of sp³-hybridized carbons (Fsp3) is 0.643. The summed E-state index contributed by atoms with van der Waals surface area (Å²) in [5.41, 5.74) is 0. The van der Waals surface area contributed by atoms with Gasteiger partial charge in [-0.15, -0.1) is 0 Å². The van der Waals surface area contributed by atoms with Crippen LogP contribution in [0.15, 0.2) is 23.2 Å². The van der Waals surface area contributed by atoms with E-state index in [0.29, 0.717) is 23.2 Å². The minimum atomic E-state index is -3.39. The number of pyridine rings is 1. The van der Waals surface area contributed by atoms with Crippen LogP contribution in [0.5, 0.6) is 0 Å². The summed E-state index contributed by atoms with van der Waals surface area (Å²) < 4.78 is 27.4. The Bertz CT molecular complexity index is 588. The molecule has 2 fully saturated rings. The molecule has 1 N–H and O–H groups in total. The van der Waals surface area contributed by atoms with E-state index in [0.717, 1.165) is 19.3 Å². The number of fused-ring (bicyclic) bond motifs is 1. The van der Waals surface area contributed by atoms with Gasteiger partial charge < -0.3 is 5.32 Å². The van der Waals surface area contributed by atoms with Crippen LogP contribution in [0.4, 0.5) is 5.82 Å². The molecule has 1 saturated heterocycles. The summed E-state index contributed by atoms with van der Waals surface area (Å²) in [5.74, 6) is 1.15. The normalized spacial score (nSPS) is 27.2. The highest BCUT2D eigenvalue weighted by Crippen LogP contribution is 2.39. The van der Waals surface area contributed by atoms with E-state index in [1.165, 1.54) is 12.8 Å². The third-order valence-corrected chi connectivity index (χ3v) is 6.47. The van der Waals surface area contributed by atoms with Crippen molar-refractivity contribution in [2.45, 2.75) is 43.0 Å². The highest BCUT2D eigenvalue weighted by atomic mass is 32.2. The van der Waals surface area contributed by atoms with Crippen LogP contribution in [0.1, 0.15) is 32.1 Å². The molecule has 1 aromatic rings. The van der Waals surface area contributed by atoms with Crippen LogP contribution < -0.4 is 5.32 Å². The quantitative estimate of drug-likeness (QED) is 0.927. The molecule has 3 rings (SSSR count). The van der Waals surface area contributed by atoms with E-state index >= 15 is 0 Å². The maximum Gasteiger partial charge on any atom is 0.243 e. The molecule has 6 heteroatoms. The van der Waals surface area contributed by atoms with Crippen molar-refractivity contribution >= 4 is 15.8 Å². The summed E-state index contributed by atoms with van der Waals surface area (Å²) >= 11 is 0. The Balaban J connectivity index is 1.91. The summed E-state index contributed by atoms with van der Waals surface area (Å²) in [7, 11) is -1.65. The summed E-state index contributed by atoms with van der Waals surface area (Å²) in [5, 5.41) is 2.89. The number of nitrogens with one attached hydrogen (secondary N) is 1. The summed E-state index contributed by atoms with van der Waals surface area (Å²) in [6, 6.07) is 3.41. The lowest BCUT2D eigenvalue weighted by Gasteiger charge is -2.31. The molecule has 1 aliphatic carbocycles. The molecule has 2 atom stereocenters. The van der Waals surface area contributed by atoms with Gasteiger partial charge in [0.2, 0.25) is 10.0 Å². The van der Waals surface area contributed by atoms with Gasteiger partial charge in [-0.1, -0.05) is 12.8 Å². The Morgan fingerprint density at radius 3 is 2.90 bits per heavy atom. The number of hydrogen-bond donors (Lipinski definition) is 1. The first-order valence-electron chi connectivity index (χ1n) is 7.28. The standard InChI is InChI=1S/C14H21N3O2S/c1-15-14-10-12(6-8-16-14)20(18,19)17-9-7-11-4-2-3-5-13(11)17/h6,8,10-11,13H,2-5,7,9H2,1H3,(H,15,16). The number of anilines is 1. The predicted molar refractivity (Wildman–Crippen MR) is 78.0 cm³/mol. The van der Waals surface area contributed by atoms with Crippen molar-refractivity contribution in [3.63, 3.8) is 0 Å². The minimum Gasteiger partial charge on any atom is -0.373 e. The van der Waals surface area contributed by atoms with E-state index in [-0.39, 0.29) is 6.04 Å². The van der Waals surface area contributed by atoms with E-state index in [4.69, 9.17) is 0 Å². The molecule has 20 heavy (non-hydrogen) atoms. The highest BCUT2D eigenvalue weighted by molar-refractivity contribution is 7.89. The monoisotopic (exact) mass is 295 g/mol. The lowest BCUT2D eigenvalue weighted by molar-refractivity contribution is 0.260. The zero-order valence-electron chi connectivity index (χ0n) is 11.7. The lowest BCUT2D eigenvalue weighted by atomic mass is 9.86. The van der Waals surface area contributed by atoms with Crippen LogP contribution in [0.3, 0.4) is 0 Å². The highest BCUT2D eigenvalue weighted by Gasteiger charge is 2.42. The topological polar surface area (TPSA) is 62.3 Å². The first-order valence-corrected chi connectivity index (χ1v) is 8.72. The van der Waals surface area contributed by atoms with Gasteiger partial charge in [0.1, 0.15) is 5.82 Å². The molecule has 2 unspecified atom stereocenters. The Morgan fingerprint density at radius 1 is 1.30 bits per heavy atom. The van der Waals surface area contributed by atoms with Gasteiger partial charge in [0.15, 0.2) is 0 Å². The largest absolute Gasteiger partial charge is 0.373 e. The molecule has 0 radical (unpaired) electrons. The maximum absolute atomic E-state index is 12.8. The molecule has 110 valence electrons. The SMILES string of the molecule is CNc1cc(S(=O)(=O)N2CCC3CCCCC32)ccn1. The average Bonchev–Trinajstić information content (AvgIpc) is 2.92. The molecule has 2 aliphatic rings. The molecule has 0 bridgehead atoms. The average molecular weight is 295 g/mol. The van der Waals surface area contributed by atoms with Crippen LogP contribution in [-0.4, -0.2) is 37.3 Å². The van der Waals surface area contributed by atoms with Crippen molar-refractivity contribution < 1.29 is 8.42 Å². The first kappa shape index (κ1) is 13.8.